The van der Waals surface area contributed by atoms with E-state index in [1.54, 1.807) is 15.5 Å². The molecule has 0 saturated carbocycles. The maximum absolute atomic E-state index is 15.1. The topological polar surface area (TPSA) is 157 Å². The van der Waals surface area contributed by atoms with Crippen LogP contribution in [0, 0.1) is 11.2 Å². The van der Waals surface area contributed by atoms with Gasteiger partial charge in [0.1, 0.15) is 11.4 Å². The van der Waals surface area contributed by atoms with Gasteiger partial charge in [-0.2, -0.15) is 0 Å². The normalized spacial score (nSPS) is 16.6. The van der Waals surface area contributed by atoms with Gasteiger partial charge in [-0.1, -0.05) is 25.1 Å². The summed E-state index contributed by atoms with van der Waals surface area (Å²) >= 11 is 1.27. The Morgan fingerprint density at radius 3 is 2.54 bits per heavy atom. The second kappa shape index (κ2) is 10.7. The van der Waals surface area contributed by atoms with Gasteiger partial charge in [0.15, 0.2) is 0 Å². The van der Waals surface area contributed by atoms with Gasteiger partial charge in [-0.15, -0.1) is 0 Å². The number of hydrogen-bond donors (Lipinski definition) is 4. The Balaban J connectivity index is 1.43. The number of carboxylic acid groups (broad SMARTS) is 1. The fraction of sp³-hybridized carbons (Fsp3) is 0.435. The number of alkyl carbamates (subject to hydrolysis) is 1. The van der Waals surface area contributed by atoms with Gasteiger partial charge in [0.2, 0.25) is 11.4 Å². The lowest BCUT2D eigenvalue weighted by Gasteiger charge is -2.37. The van der Waals surface area contributed by atoms with E-state index in [1.165, 1.54) is 16.7 Å². The molecule has 1 fully saturated rings. The summed E-state index contributed by atoms with van der Waals surface area (Å²) in [6.07, 6.45) is 0.713. The maximum Gasteiger partial charge on any atom is 0.413 e. The van der Waals surface area contributed by atoms with E-state index in [4.69, 9.17) is 10.1 Å². The first kappa shape index (κ1) is 26.3. The molecule has 0 radical (unpaired) electrons. The van der Waals surface area contributed by atoms with Crippen molar-refractivity contribution in [3.8, 4) is 0 Å². The predicted molar refractivity (Wildman–Crippen MR) is 135 cm³/mol. The number of guanidine groups is 1. The molecule has 1 aromatic heterocycles. The van der Waals surface area contributed by atoms with Gasteiger partial charge in [-0.3, -0.25) is 20.8 Å². The number of nitrogens with zero attached hydrogens (tertiary/aromatic N) is 3. The zero-order valence-electron chi connectivity index (χ0n) is 20.3. The van der Waals surface area contributed by atoms with Crippen molar-refractivity contribution in [1.82, 2.24) is 20.1 Å². The molecule has 2 aliphatic heterocycles. The fourth-order valence-electron chi connectivity index (χ4n) is 4.28. The van der Waals surface area contributed by atoms with Gasteiger partial charge in [-0.25, -0.2) is 18.8 Å². The van der Waals surface area contributed by atoms with E-state index < -0.39 is 35.3 Å². The van der Waals surface area contributed by atoms with Crippen molar-refractivity contribution in [1.29, 1.82) is 5.41 Å². The minimum atomic E-state index is -1.34. The Morgan fingerprint density at radius 2 is 1.92 bits per heavy atom. The SMILES string of the molecule is CCCCOC(=O)NC(=N)NC(=O)N1CCN(c2cc3c(cc2F)c(=O)c(C(=O)O)c2n3C(C)S2)CC1. The molecule has 1 saturated heterocycles. The summed E-state index contributed by atoms with van der Waals surface area (Å²) in [5.41, 5.74) is -0.363. The van der Waals surface area contributed by atoms with Gasteiger partial charge < -0.3 is 24.2 Å². The standard InChI is InChI=1S/C23H27FN6O6S/c1-3-4-9-36-23(35)27-21(25)26-22(34)29-7-5-28(6-8-29)16-11-15-13(10-14(16)24)18(31)17(20(32)33)19-30(15)12(2)37-19/h10-12H,3-9H2,1-2H3,(H,32,33)(H3,25,26,27,34,35). The number of halogens is 1. The predicted octanol–water partition coefficient (Wildman–Crippen LogP) is 2.76. The van der Waals surface area contributed by atoms with Crippen LogP contribution in [-0.4, -0.2) is 71.4 Å². The third kappa shape index (κ3) is 5.19. The molecule has 37 heavy (non-hydrogen) atoms. The van der Waals surface area contributed by atoms with Crippen LogP contribution < -0.4 is 21.0 Å². The Kier molecular flexibility index (Phi) is 7.57. The van der Waals surface area contributed by atoms with E-state index >= 15 is 4.39 Å². The number of piperazine rings is 1. The van der Waals surface area contributed by atoms with Crippen LogP contribution in [0.25, 0.3) is 10.9 Å². The molecule has 1 aromatic carbocycles. The summed E-state index contributed by atoms with van der Waals surface area (Å²) in [5, 5.41) is 21.9. The molecule has 2 aliphatic rings. The lowest BCUT2D eigenvalue weighted by molar-refractivity contribution is 0.0689. The number of amides is 3. The van der Waals surface area contributed by atoms with Crippen LogP contribution in [-0.2, 0) is 4.74 Å². The van der Waals surface area contributed by atoms with Crippen molar-refractivity contribution in [2.24, 2.45) is 0 Å². The van der Waals surface area contributed by atoms with Crippen molar-refractivity contribution in [2.45, 2.75) is 37.1 Å². The first-order valence-electron chi connectivity index (χ1n) is 11.8. The number of unbranched alkanes of at least 4 members (excludes halogenated alkanes) is 1. The number of carbonyl (C=O) groups is 3. The molecule has 2 aromatic rings. The van der Waals surface area contributed by atoms with Crippen molar-refractivity contribution in [2.75, 3.05) is 37.7 Å². The molecule has 4 rings (SSSR count). The molecule has 0 spiro atoms. The fourth-order valence-corrected chi connectivity index (χ4v) is 5.44. The van der Waals surface area contributed by atoms with Crippen LogP contribution >= 0.6 is 11.8 Å². The Hall–Kier alpha value is -3.81. The second-order valence-corrected chi connectivity index (χ2v) is 9.92. The van der Waals surface area contributed by atoms with Gasteiger partial charge >= 0.3 is 18.1 Å². The van der Waals surface area contributed by atoms with E-state index in [0.717, 1.165) is 12.5 Å². The molecule has 4 N–H and O–H groups in total. The van der Waals surface area contributed by atoms with Crippen molar-refractivity contribution < 1.29 is 28.6 Å². The van der Waals surface area contributed by atoms with Crippen LogP contribution in [0.5, 0.6) is 0 Å². The zero-order valence-corrected chi connectivity index (χ0v) is 21.1. The number of aromatic carboxylic acids is 1. The number of nitrogens with one attached hydrogen (secondary N) is 3. The Labute approximate surface area is 215 Å². The third-order valence-corrected chi connectivity index (χ3v) is 7.36. The zero-order chi connectivity index (χ0) is 26.9. The number of ether oxygens (including phenoxy) is 1. The highest BCUT2D eigenvalue weighted by atomic mass is 32.2. The summed E-state index contributed by atoms with van der Waals surface area (Å²) in [7, 11) is 0. The highest BCUT2D eigenvalue weighted by Crippen LogP contribution is 2.46. The molecular weight excluding hydrogens is 507 g/mol. The van der Waals surface area contributed by atoms with E-state index in [-0.39, 0.29) is 54.8 Å². The first-order valence-corrected chi connectivity index (χ1v) is 12.6. The Bertz CT molecular complexity index is 1340. The monoisotopic (exact) mass is 534 g/mol. The van der Waals surface area contributed by atoms with Crippen LogP contribution in [0.2, 0.25) is 0 Å². The number of urea groups is 1. The number of rotatable bonds is 5. The van der Waals surface area contributed by atoms with Crippen molar-refractivity contribution in [3.63, 3.8) is 0 Å². The Morgan fingerprint density at radius 1 is 1.22 bits per heavy atom. The van der Waals surface area contributed by atoms with Crippen molar-refractivity contribution >= 4 is 52.4 Å². The van der Waals surface area contributed by atoms with Gasteiger partial charge in [0.25, 0.3) is 0 Å². The molecule has 3 amide bonds. The maximum atomic E-state index is 15.1. The number of hydrogen-bond acceptors (Lipinski definition) is 8. The minimum Gasteiger partial charge on any atom is -0.477 e. The average molecular weight is 535 g/mol. The lowest BCUT2D eigenvalue weighted by Crippen LogP contribution is -2.55. The number of pyridine rings is 1. The molecule has 1 atom stereocenters. The molecule has 0 bridgehead atoms. The van der Waals surface area contributed by atoms with Crippen LogP contribution in [0.3, 0.4) is 0 Å². The molecule has 12 nitrogen and oxygen atoms in total. The number of carboxylic acids is 1. The largest absolute Gasteiger partial charge is 0.477 e. The smallest absolute Gasteiger partial charge is 0.413 e. The molecular formula is C23H27FN6O6S. The summed E-state index contributed by atoms with van der Waals surface area (Å²) in [4.78, 5) is 51.7. The summed E-state index contributed by atoms with van der Waals surface area (Å²) in [6, 6.07) is 2.04. The number of benzene rings is 1. The molecule has 0 aliphatic carbocycles. The second-order valence-electron chi connectivity index (χ2n) is 8.62. The quantitative estimate of drug-likeness (QED) is 0.259. The van der Waals surface area contributed by atoms with E-state index in [0.29, 0.717) is 17.0 Å². The van der Waals surface area contributed by atoms with Gasteiger partial charge in [-0.05, 0) is 25.5 Å². The summed E-state index contributed by atoms with van der Waals surface area (Å²) < 4.78 is 21.7. The first-order chi connectivity index (χ1) is 17.6. The van der Waals surface area contributed by atoms with Gasteiger partial charge in [0.05, 0.1) is 28.2 Å². The number of aromatic nitrogens is 1. The van der Waals surface area contributed by atoms with Crippen LogP contribution in [0.1, 0.15) is 42.4 Å². The number of thioether (sulfide) groups is 1. The van der Waals surface area contributed by atoms with E-state index in [2.05, 4.69) is 10.6 Å². The van der Waals surface area contributed by atoms with E-state index in [1.807, 2.05) is 13.8 Å². The van der Waals surface area contributed by atoms with Crippen LogP contribution in [0.4, 0.5) is 19.7 Å². The number of anilines is 1. The van der Waals surface area contributed by atoms with Gasteiger partial charge in [0, 0.05) is 31.6 Å². The lowest BCUT2D eigenvalue weighted by atomic mass is 10.1. The van der Waals surface area contributed by atoms with Crippen molar-refractivity contribution in [3.05, 3.63) is 33.7 Å². The molecule has 14 heteroatoms. The third-order valence-electron chi connectivity index (χ3n) is 6.19. The van der Waals surface area contributed by atoms with Crippen LogP contribution in [0.15, 0.2) is 22.0 Å². The highest BCUT2D eigenvalue weighted by Gasteiger charge is 2.33. The van der Waals surface area contributed by atoms with E-state index in [9.17, 15) is 24.3 Å². The molecule has 198 valence electrons. The summed E-state index contributed by atoms with van der Waals surface area (Å²) in [6.45, 7) is 5.03. The number of fused-ring (bicyclic) bond motifs is 3. The molecule has 3 heterocycles. The summed E-state index contributed by atoms with van der Waals surface area (Å²) in [5.74, 6) is -2.51. The molecule has 1 unspecified atom stereocenters. The average Bonchev–Trinajstić information content (AvgIpc) is 2.83. The minimum absolute atomic E-state index is 0.00629. The number of carbonyl (C=O) groups excluding carboxylic acids is 2. The highest BCUT2D eigenvalue weighted by molar-refractivity contribution is 8.00.